The fourth-order valence-electron chi connectivity index (χ4n) is 2.00. The molecule has 0 heterocycles. The normalized spacial score (nSPS) is 27.5. The van der Waals surface area contributed by atoms with Gasteiger partial charge in [-0.05, 0) is 25.2 Å². The average molecular weight is 200 g/mol. The first kappa shape index (κ1) is 11.5. The lowest BCUT2D eigenvalue weighted by atomic mass is 9.89. The maximum absolute atomic E-state index is 10.2. The first-order valence-electron chi connectivity index (χ1n) is 5.52. The van der Waals surface area contributed by atoms with Gasteiger partial charge < -0.3 is 9.84 Å². The lowest BCUT2D eigenvalue weighted by Gasteiger charge is -2.26. The summed E-state index contributed by atoms with van der Waals surface area (Å²) in [6.07, 6.45) is 6.11. The molecule has 1 N–H and O–H groups in total. The molecule has 1 fully saturated rings. The molecule has 1 saturated carbocycles. The molecule has 1 aliphatic carbocycles. The molecule has 0 bridgehead atoms. The quantitative estimate of drug-likeness (QED) is 0.693. The van der Waals surface area contributed by atoms with E-state index in [1.165, 1.54) is 12.8 Å². The summed E-state index contributed by atoms with van der Waals surface area (Å²) in [5, 5.41) is 8.44. The van der Waals surface area contributed by atoms with Gasteiger partial charge in [0, 0.05) is 13.0 Å². The topological polar surface area (TPSA) is 46.5 Å². The minimum atomic E-state index is -0.731. The van der Waals surface area contributed by atoms with Gasteiger partial charge in [-0.2, -0.15) is 0 Å². The van der Waals surface area contributed by atoms with Gasteiger partial charge in [-0.25, -0.2) is 0 Å². The summed E-state index contributed by atoms with van der Waals surface area (Å²) in [6, 6.07) is 0. The predicted octanol–water partition coefficient (Wildman–Crippen LogP) is 2.45. The van der Waals surface area contributed by atoms with E-state index < -0.39 is 5.97 Å². The zero-order valence-electron chi connectivity index (χ0n) is 8.87. The van der Waals surface area contributed by atoms with Gasteiger partial charge in [-0.3, -0.25) is 4.79 Å². The van der Waals surface area contributed by atoms with Crippen LogP contribution in [0.25, 0.3) is 0 Å². The van der Waals surface area contributed by atoms with E-state index in [-0.39, 0.29) is 6.42 Å². The Bertz CT molecular complexity index is 179. The molecule has 0 aromatic carbocycles. The van der Waals surface area contributed by atoms with Crippen molar-refractivity contribution < 1.29 is 14.6 Å². The highest BCUT2D eigenvalue weighted by molar-refractivity contribution is 5.66. The van der Waals surface area contributed by atoms with E-state index in [1.807, 2.05) is 0 Å². The maximum atomic E-state index is 10.2. The fourth-order valence-corrected chi connectivity index (χ4v) is 2.00. The molecule has 3 nitrogen and oxygen atoms in total. The summed E-state index contributed by atoms with van der Waals surface area (Å²) in [7, 11) is 0. The number of aliphatic carboxylic acids is 1. The molecule has 1 aliphatic rings. The molecule has 0 amide bonds. The zero-order chi connectivity index (χ0) is 10.4. The second-order valence-electron chi connectivity index (χ2n) is 4.26. The summed E-state index contributed by atoms with van der Waals surface area (Å²) in [4.78, 5) is 10.2. The van der Waals surface area contributed by atoms with Crippen molar-refractivity contribution in [2.75, 3.05) is 6.61 Å². The van der Waals surface area contributed by atoms with Crippen LogP contribution in [0.1, 0.15) is 45.4 Å². The second kappa shape index (κ2) is 6.02. The van der Waals surface area contributed by atoms with Crippen LogP contribution in [0, 0.1) is 5.92 Å². The van der Waals surface area contributed by atoms with Crippen LogP contribution in [0.2, 0.25) is 0 Å². The molecule has 0 aromatic heterocycles. The van der Waals surface area contributed by atoms with Crippen LogP contribution in [0.15, 0.2) is 0 Å². The Labute approximate surface area is 85.5 Å². The number of hydrogen-bond acceptors (Lipinski definition) is 2. The third kappa shape index (κ3) is 4.61. The second-order valence-corrected chi connectivity index (χ2v) is 4.26. The van der Waals surface area contributed by atoms with Crippen molar-refractivity contribution in [2.24, 2.45) is 5.92 Å². The number of carboxylic acids is 1. The highest BCUT2D eigenvalue weighted by Crippen LogP contribution is 2.25. The highest BCUT2D eigenvalue weighted by Gasteiger charge is 2.18. The fraction of sp³-hybridized carbons (Fsp3) is 0.909. The van der Waals surface area contributed by atoms with Gasteiger partial charge in [0.2, 0.25) is 0 Å². The molecule has 3 heteroatoms. The van der Waals surface area contributed by atoms with E-state index in [2.05, 4.69) is 6.92 Å². The Balaban J connectivity index is 2.03. The number of hydrogen-bond donors (Lipinski definition) is 1. The summed E-state index contributed by atoms with van der Waals surface area (Å²) < 4.78 is 5.64. The molecule has 0 saturated heterocycles. The van der Waals surface area contributed by atoms with Crippen molar-refractivity contribution in [3.63, 3.8) is 0 Å². The first-order valence-corrected chi connectivity index (χ1v) is 5.52. The van der Waals surface area contributed by atoms with Crippen LogP contribution < -0.4 is 0 Å². The molecule has 0 spiro atoms. The van der Waals surface area contributed by atoms with Crippen LogP contribution >= 0.6 is 0 Å². The minimum Gasteiger partial charge on any atom is -0.481 e. The van der Waals surface area contributed by atoms with Gasteiger partial charge in [0.1, 0.15) is 0 Å². The van der Waals surface area contributed by atoms with Gasteiger partial charge in [-0.1, -0.05) is 19.8 Å². The summed E-state index contributed by atoms with van der Waals surface area (Å²) in [5.41, 5.74) is 0. The summed E-state index contributed by atoms with van der Waals surface area (Å²) in [5.74, 6) is 0.0406. The largest absolute Gasteiger partial charge is 0.481 e. The number of carboxylic acid groups (broad SMARTS) is 1. The Hall–Kier alpha value is -0.570. The summed E-state index contributed by atoms with van der Waals surface area (Å²) >= 11 is 0. The van der Waals surface area contributed by atoms with Gasteiger partial charge in [0.15, 0.2) is 0 Å². The number of ether oxygens (including phenoxy) is 1. The minimum absolute atomic E-state index is 0.224. The van der Waals surface area contributed by atoms with Crippen LogP contribution in [0.4, 0.5) is 0 Å². The van der Waals surface area contributed by atoms with Crippen molar-refractivity contribution in [3.8, 4) is 0 Å². The number of rotatable bonds is 5. The standard InChI is InChI=1S/C11H20O3/c1-9-4-2-5-10(8-9)14-7-3-6-11(12)13/h9-10H,2-8H2,1H3,(H,12,13). The van der Waals surface area contributed by atoms with E-state index in [4.69, 9.17) is 9.84 Å². The Morgan fingerprint density at radius 1 is 1.50 bits per heavy atom. The SMILES string of the molecule is CC1CCCC(OCCCC(=O)O)C1. The Kier molecular flexibility index (Phi) is 4.94. The van der Waals surface area contributed by atoms with Crippen molar-refractivity contribution in [1.82, 2.24) is 0 Å². The maximum Gasteiger partial charge on any atom is 0.303 e. The van der Waals surface area contributed by atoms with E-state index in [1.54, 1.807) is 0 Å². The van der Waals surface area contributed by atoms with Crippen molar-refractivity contribution in [2.45, 2.75) is 51.6 Å². The van der Waals surface area contributed by atoms with Crippen LogP contribution in [-0.4, -0.2) is 23.8 Å². The van der Waals surface area contributed by atoms with E-state index in [0.717, 1.165) is 18.8 Å². The first-order chi connectivity index (χ1) is 6.68. The molecule has 1 rings (SSSR count). The third-order valence-corrected chi connectivity index (χ3v) is 2.78. The molecule has 2 atom stereocenters. The van der Waals surface area contributed by atoms with Crippen LogP contribution in [0.5, 0.6) is 0 Å². The molecule has 0 aliphatic heterocycles. The van der Waals surface area contributed by atoms with E-state index >= 15 is 0 Å². The Morgan fingerprint density at radius 2 is 2.29 bits per heavy atom. The molecule has 14 heavy (non-hydrogen) atoms. The van der Waals surface area contributed by atoms with Gasteiger partial charge in [0.05, 0.1) is 6.10 Å². The lowest BCUT2D eigenvalue weighted by molar-refractivity contribution is -0.137. The molecule has 2 unspecified atom stereocenters. The summed E-state index contributed by atoms with van der Waals surface area (Å²) in [6.45, 7) is 2.86. The van der Waals surface area contributed by atoms with Crippen molar-refractivity contribution in [1.29, 1.82) is 0 Å². The Morgan fingerprint density at radius 3 is 2.93 bits per heavy atom. The van der Waals surface area contributed by atoms with E-state index in [0.29, 0.717) is 19.1 Å². The molecule has 82 valence electrons. The third-order valence-electron chi connectivity index (χ3n) is 2.78. The highest BCUT2D eigenvalue weighted by atomic mass is 16.5. The molecular weight excluding hydrogens is 180 g/mol. The number of carbonyl (C=O) groups is 1. The molecular formula is C11H20O3. The molecule has 0 aromatic rings. The van der Waals surface area contributed by atoms with Crippen molar-refractivity contribution >= 4 is 5.97 Å². The van der Waals surface area contributed by atoms with Crippen molar-refractivity contribution in [3.05, 3.63) is 0 Å². The van der Waals surface area contributed by atoms with Crippen LogP contribution in [0.3, 0.4) is 0 Å². The molecule has 0 radical (unpaired) electrons. The van der Waals surface area contributed by atoms with Gasteiger partial charge >= 0.3 is 5.97 Å². The smallest absolute Gasteiger partial charge is 0.303 e. The predicted molar refractivity (Wildman–Crippen MR) is 54.2 cm³/mol. The monoisotopic (exact) mass is 200 g/mol. The van der Waals surface area contributed by atoms with Gasteiger partial charge in [0.25, 0.3) is 0 Å². The zero-order valence-corrected chi connectivity index (χ0v) is 8.87. The van der Waals surface area contributed by atoms with Crippen LogP contribution in [-0.2, 0) is 9.53 Å². The average Bonchev–Trinajstić information content (AvgIpc) is 2.12. The van der Waals surface area contributed by atoms with E-state index in [9.17, 15) is 4.79 Å². The van der Waals surface area contributed by atoms with Gasteiger partial charge in [-0.15, -0.1) is 0 Å². The lowest BCUT2D eigenvalue weighted by Crippen LogP contribution is -2.22.